The number of nitrogens with zero attached hydrogens (tertiary/aromatic N) is 2. The van der Waals surface area contributed by atoms with Gasteiger partial charge in [0.2, 0.25) is 6.86 Å². The van der Waals surface area contributed by atoms with Crippen molar-refractivity contribution in [3.05, 3.63) is 54.1 Å². The van der Waals surface area contributed by atoms with E-state index in [4.69, 9.17) is 0 Å². The first-order valence-electron chi connectivity index (χ1n) is 4.95. The molecule has 0 saturated heterocycles. The minimum absolute atomic E-state index is 0.361. The van der Waals surface area contributed by atoms with Crippen molar-refractivity contribution >= 4 is 0 Å². The Kier molecular flexibility index (Phi) is 3.66. The Morgan fingerprint density at radius 1 is 1.24 bits per heavy atom. The van der Waals surface area contributed by atoms with Gasteiger partial charge in [-0.1, -0.05) is 12.0 Å². The van der Waals surface area contributed by atoms with Gasteiger partial charge in [-0.15, -0.1) is 0 Å². The maximum absolute atomic E-state index is 12.0. The topological polar surface area (TPSA) is 35.0 Å². The van der Waals surface area contributed by atoms with Gasteiger partial charge in [0.1, 0.15) is 11.4 Å². The third-order valence-corrected chi connectivity index (χ3v) is 1.93. The SMILES string of the molecule is [18F]COc1cncc(C#Cc2ccccn2)c1. The fourth-order valence-electron chi connectivity index (χ4n) is 1.20. The molecular weight excluding hydrogens is 218 g/mol. The summed E-state index contributed by atoms with van der Waals surface area (Å²) in [5.74, 6) is 6.12. The summed E-state index contributed by atoms with van der Waals surface area (Å²) in [4.78, 5) is 7.97. The van der Waals surface area contributed by atoms with Crippen molar-refractivity contribution in [3.63, 3.8) is 0 Å². The van der Waals surface area contributed by atoms with E-state index in [0.29, 0.717) is 17.0 Å². The normalized spacial score (nSPS) is 9.24. The molecule has 0 aliphatic heterocycles. The van der Waals surface area contributed by atoms with Gasteiger partial charge >= 0.3 is 0 Å². The standard InChI is InChI=1S/C13H9FN2O/c14-10-17-13-7-11(8-15-9-13)4-5-12-3-1-2-6-16-12/h1-3,6-9H,10H2/i14-1. The molecule has 0 N–H and O–H groups in total. The smallest absolute Gasteiger partial charge is 0.228 e. The van der Waals surface area contributed by atoms with Crippen LogP contribution in [-0.2, 0) is 0 Å². The van der Waals surface area contributed by atoms with E-state index in [1.807, 2.05) is 18.2 Å². The van der Waals surface area contributed by atoms with Gasteiger partial charge in [0.15, 0.2) is 0 Å². The zero-order chi connectivity index (χ0) is 11.9. The average molecular weight is 227 g/mol. The van der Waals surface area contributed by atoms with Gasteiger partial charge in [-0.05, 0) is 24.1 Å². The van der Waals surface area contributed by atoms with Gasteiger partial charge in [-0.3, -0.25) is 4.98 Å². The van der Waals surface area contributed by atoms with Crippen molar-refractivity contribution in [2.24, 2.45) is 0 Å². The molecule has 3 nitrogen and oxygen atoms in total. The second-order valence-electron chi connectivity index (χ2n) is 3.13. The number of pyridine rings is 2. The first kappa shape index (κ1) is 11.1. The van der Waals surface area contributed by atoms with E-state index in [2.05, 4.69) is 26.5 Å². The monoisotopic (exact) mass is 227 g/mol. The quantitative estimate of drug-likeness (QED) is 0.737. The van der Waals surface area contributed by atoms with Gasteiger partial charge in [-0.2, -0.15) is 0 Å². The summed E-state index contributed by atoms with van der Waals surface area (Å²) in [7, 11) is 0. The third kappa shape index (κ3) is 3.28. The molecule has 2 aromatic rings. The molecule has 0 bridgehead atoms. The number of hydrogen-bond donors (Lipinski definition) is 0. The summed E-state index contributed by atoms with van der Waals surface area (Å²) in [6.07, 6.45) is 4.69. The molecule has 84 valence electrons. The lowest BCUT2D eigenvalue weighted by Crippen LogP contribution is -1.91. The molecule has 0 saturated carbocycles. The summed E-state index contributed by atoms with van der Waals surface area (Å²) in [5.41, 5.74) is 1.32. The van der Waals surface area contributed by atoms with E-state index >= 15 is 0 Å². The molecule has 0 aromatic carbocycles. The van der Waals surface area contributed by atoms with Crippen molar-refractivity contribution in [2.45, 2.75) is 0 Å². The number of rotatable bonds is 2. The van der Waals surface area contributed by atoms with Crippen molar-refractivity contribution in [2.75, 3.05) is 6.86 Å². The summed E-state index contributed by atoms with van der Waals surface area (Å²) < 4.78 is 16.7. The lowest BCUT2D eigenvalue weighted by Gasteiger charge is -1.99. The Bertz CT molecular complexity index is 546. The highest BCUT2D eigenvalue weighted by molar-refractivity contribution is 5.41. The lowest BCUT2D eigenvalue weighted by molar-refractivity contribution is 0.191. The van der Waals surface area contributed by atoms with E-state index in [0.717, 1.165) is 0 Å². The molecular formula is C13H9FN2O. The van der Waals surface area contributed by atoms with E-state index < -0.39 is 6.86 Å². The fourth-order valence-corrected chi connectivity index (χ4v) is 1.20. The Labute approximate surface area is 98.3 Å². The van der Waals surface area contributed by atoms with E-state index in [1.165, 1.54) is 6.20 Å². The van der Waals surface area contributed by atoms with Crippen LogP contribution in [0.5, 0.6) is 5.75 Å². The highest BCUT2D eigenvalue weighted by atomic mass is 18.2. The Morgan fingerprint density at radius 2 is 2.18 bits per heavy atom. The zero-order valence-electron chi connectivity index (χ0n) is 8.93. The Hall–Kier alpha value is -2.41. The number of hydrogen-bond acceptors (Lipinski definition) is 3. The largest absolute Gasteiger partial charge is 0.461 e. The van der Waals surface area contributed by atoms with Crippen molar-refractivity contribution in [1.82, 2.24) is 9.97 Å². The van der Waals surface area contributed by atoms with E-state index in [-0.39, 0.29) is 0 Å². The first-order valence-corrected chi connectivity index (χ1v) is 4.95. The van der Waals surface area contributed by atoms with Gasteiger partial charge in [-0.25, -0.2) is 9.37 Å². The highest BCUT2D eigenvalue weighted by Crippen LogP contribution is 2.10. The number of ether oxygens (including phenoxy) is 1. The van der Waals surface area contributed by atoms with Crippen LogP contribution in [0.4, 0.5) is 4.39 Å². The molecule has 2 rings (SSSR count). The van der Waals surface area contributed by atoms with Crippen LogP contribution < -0.4 is 4.74 Å². The third-order valence-electron chi connectivity index (χ3n) is 1.93. The zero-order valence-corrected chi connectivity index (χ0v) is 8.93. The first-order chi connectivity index (χ1) is 8.38. The molecule has 0 fully saturated rings. The maximum Gasteiger partial charge on any atom is 0.228 e. The second-order valence-corrected chi connectivity index (χ2v) is 3.13. The predicted octanol–water partition coefficient (Wildman–Crippen LogP) is 2.18. The molecule has 0 aliphatic carbocycles. The highest BCUT2D eigenvalue weighted by Gasteiger charge is 1.94. The molecule has 0 spiro atoms. The van der Waals surface area contributed by atoms with Crippen LogP contribution in [0.15, 0.2) is 42.9 Å². The van der Waals surface area contributed by atoms with E-state index in [9.17, 15) is 4.39 Å². The molecule has 2 aromatic heterocycles. The van der Waals surface area contributed by atoms with Crippen LogP contribution in [0, 0.1) is 11.8 Å². The summed E-state index contributed by atoms with van der Waals surface area (Å²) in [6.45, 7) is -0.876. The Balaban J connectivity index is 2.19. The minimum atomic E-state index is -0.876. The molecule has 2 heterocycles. The van der Waals surface area contributed by atoms with Crippen molar-refractivity contribution in [1.29, 1.82) is 0 Å². The number of aromatic nitrogens is 2. The van der Waals surface area contributed by atoms with Gasteiger partial charge in [0.25, 0.3) is 0 Å². The van der Waals surface area contributed by atoms with Crippen LogP contribution in [-0.4, -0.2) is 16.8 Å². The fraction of sp³-hybridized carbons (Fsp3) is 0.0769. The van der Waals surface area contributed by atoms with Crippen LogP contribution in [0.3, 0.4) is 0 Å². The molecule has 17 heavy (non-hydrogen) atoms. The second kappa shape index (κ2) is 5.61. The molecule has 0 amide bonds. The lowest BCUT2D eigenvalue weighted by atomic mass is 10.2. The number of halogens is 1. The summed E-state index contributed by atoms with van der Waals surface area (Å²) in [6, 6.07) is 7.12. The van der Waals surface area contributed by atoms with Crippen LogP contribution in [0.1, 0.15) is 11.3 Å². The van der Waals surface area contributed by atoms with Crippen LogP contribution in [0.2, 0.25) is 0 Å². The molecule has 4 heteroatoms. The summed E-state index contributed by atoms with van der Waals surface area (Å²) >= 11 is 0. The maximum atomic E-state index is 12.0. The predicted molar refractivity (Wildman–Crippen MR) is 61.1 cm³/mol. The summed E-state index contributed by atoms with van der Waals surface area (Å²) in [5, 5.41) is 0. The van der Waals surface area contributed by atoms with Crippen molar-refractivity contribution < 1.29 is 9.13 Å². The number of alkyl halides is 1. The van der Waals surface area contributed by atoms with E-state index in [1.54, 1.807) is 18.5 Å². The van der Waals surface area contributed by atoms with Gasteiger partial charge < -0.3 is 4.74 Å². The molecule has 0 aliphatic rings. The minimum Gasteiger partial charge on any atom is -0.461 e. The Morgan fingerprint density at radius 3 is 2.94 bits per heavy atom. The van der Waals surface area contributed by atoms with Gasteiger partial charge in [0.05, 0.1) is 6.20 Å². The molecule has 0 unspecified atom stereocenters. The molecule has 0 radical (unpaired) electrons. The van der Waals surface area contributed by atoms with Crippen LogP contribution in [0.25, 0.3) is 0 Å². The molecule has 0 atom stereocenters. The average Bonchev–Trinajstić information content (AvgIpc) is 2.39. The van der Waals surface area contributed by atoms with Gasteiger partial charge in [0, 0.05) is 18.0 Å². The van der Waals surface area contributed by atoms with Crippen molar-refractivity contribution in [3.8, 4) is 17.6 Å². The van der Waals surface area contributed by atoms with Crippen LogP contribution >= 0.6 is 0 Å².